The first kappa shape index (κ1) is 10.1. The summed E-state index contributed by atoms with van der Waals surface area (Å²) in [6.45, 7) is 0. The SMILES string of the molecule is Nc1cc(C(F)(F)F)c(CCl)cn1. The first-order valence-electron chi connectivity index (χ1n) is 3.32. The fraction of sp³-hybridized carbons (Fsp3) is 0.286. The van der Waals surface area contributed by atoms with Gasteiger partial charge in [-0.05, 0) is 11.6 Å². The van der Waals surface area contributed by atoms with Crippen LogP contribution in [0.3, 0.4) is 0 Å². The number of nitrogens with zero attached hydrogens (tertiary/aromatic N) is 1. The summed E-state index contributed by atoms with van der Waals surface area (Å²) in [7, 11) is 0. The lowest BCUT2D eigenvalue weighted by molar-refractivity contribution is -0.138. The third kappa shape index (κ3) is 2.24. The minimum Gasteiger partial charge on any atom is -0.384 e. The minimum atomic E-state index is -4.43. The van der Waals surface area contributed by atoms with E-state index in [1.54, 1.807) is 0 Å². The van der Waals surface area contributed by atoms with E-state index in [1.807, 2.05) is 0 Å². The van der Waals surface area contributed by atoms with Crippen LogP contribution in [0, 0.1) is 0 Å². The van der Waals surface area contributed by atoms with Crippen molar-refractivity contribution in [3.05, 3.63) is 23.4 Å². The first-order valence-corrected chi connectivity index (χ1v) is 3.86. The van der Waals surface area contributed by atoms with Gasteiger partial charge in [0.05, 0.1) is 5.56 Å². The van der Waals surface area contributed by atoms with Crippen molar-refractivity contribution < 1.29 is 13.2 Å². The van der Waals surface area contributed by atoms with E-state index in [4.69, 9.17) is 17.3 Å². The van der Waals surface area contributed by atoms with Gasteiger partial charge in [-0.25, -0.2) is 4.98 Å². The van der Waals surface area contributed by atoms with Crippen LogP contribution in [0.15, 0.2) is 12.3 Å². The molecule has 0 fully saturated rings. The first-order chi connectivity index (χ1) is 5.95. The molecule has 0 aliphatic rings. The predicted molar refractivity (Wildman–Crippen MR) is 43.2 cm³/mol. The lowest BCUT2D eigenvalue weighted by Crippen LogP contribution is -2.10. The smallest absolute Gasteiger partial charge is 0.384 e. The van der Waals surface area contributed by atoms with E-state index in [0.29, 0.717) is 0 Å². The van der Waals surface area contributed by atoms with Crippen LogP contribution >= 0.6 is 11.6 Å². The third-order valence-electron chi connectivity index (χ3n) is 1.46. The number of pyridine rings is 1. The number of hydrogen-bond donors (Lipinski definition) is 1. The third-order valence-corrected chi connectivity index (χ3v) is 1.74. The van der Waals surface area contributed by atoms with Crippen molar-refractivity contribution in [2.45, 2.75) is 12.1 Å². The Hall–Kier alpha value is -0.970. The molecule has 0 spiro atoms. The van der Waals surface area contributed by atoms with Crippen molar-refractivity contribution >= 4 is 17.4 Å². The van der Waals surface area contributed by atoms with E-state index >= 15 is 0 Å². The molecule has 6 heteroatoms. The Bertz CT molecular complexity index is 311. The fourth-order valence-electron chi connectivity index (χ4n) is 0.870. The molecule has 0 aliphatic heterocycles. The molecule has 0 aromatic carbocycles. The summed E-state index contributed by atoms with van der Waals surface area (Å²) in [5.41, 5.74) is 4.23. The highest BCUT2D eigenvalue weighted by atomic mass is 35.5. The summed E-state index contributed by atoms with van der Waals surface area (Å²) in [5.74, 6) is -0.400. The van der Waals surface area contributed by atoms with Crippen LogP contribution in [0.25, 0.3) is 0 Å². The van der Waals surface area contributed by atoms with Gasteiger partial charge in [-0.15, -0.1) is 11.6 Å². The number of halogens is 4. The molecule has 0 amide bonds. The average molecular weight is 211 g/mol. The highest BCUT2D eigenvalue weighted by molar-refractivity contribution is 6.17. The lowest BCUT2D eigenvalue weighted by atomic mass is 10.1. The lowest BCUT2D eigenvalue weighted by Gasteiger charge is -2.10. The molecule has 0 atom stereocenters. The number of nitrogen functional groups attached to an aromatic ring is 1. The van der Waals surface area contributed by atoms with Gasteiger partial charge in [-0.1, -0.05) is 0 Å². The molecule has 1 heterocycles. The van der Waals surface area contributed by atoms with E-state index in [9.17, 15) is 13.2 Å². The van der Waals surface area contributed by atoms with Crippen molar-refractivity contribution in [3.8, 4) is 0 Å². The van der Waals surface area contributed by atoms with Crippen LogP contribution in [-0.4, -0.2) is 4.98 Å². The van der Waals surface area contributed by atoms with E-state index < -0.39 is 11.7 Å². The van der Waals surface area contributed by atoms with Gasteiger partial charge >= 0.3 is 6.18 Å². The molecule has 0 saturated carbocycles. The van der Waals surface area contributed by atoms with Gasteiger partial charge in [0.15, 0.2) is 0 Å². The summed E-state index contributed by atoms with van der Waals surface area (Å²) in [4.78, 5) is 3.52. The number of nitrogens with two attached hydrogens (primary N) is 1. The van der Waals surface area contributed by atoms with Gasteiger partial charge in [-0.3, -0.25) is 0 Å². The normalized spacial score (nSPS) is 11.7. The van der Waals surface area contributed by atoms with E-state index in [-0.39, 0.29) is 17.3 Å². The molecule has 13 heavy (non-hydrogen) atoms. The van der Waals surface area contributed by atoms with Crippen LogP contribution < -0.4 is 5.73 Å². The second-order valence-electron chi connectivity index (χ2n) is 2.40. The van der Waals surface area contributed by atoms with E-state index in [0.717, 1.165) is 12.3 Å². The van der Waals surface area contributed by atoms with Crippen molar-refractivity contribution in [1.82, 2.24) is 4.98 Å². The largest absolute Gasteiger partial charge is 0.416 e. The molecule has 2 nitrogen and oxygen atoms in total. The topological polar surface area (TPSA) is 38.9 Å². The predicted octanol–water partition coefficient (Wildman–Crippen LogP) is 2.42. The summed E-state index contributed by atoms with van der Waals surface area (Å²) >= 11 is 5.31. The van der Waals surface area contributed by atoms with E-state index in [2.05, 4.69) is 4.98 Å². The highest BCUT2D eigenvalue weighted by Gasteiger charge is 2.33. The van der Waals surface area contributed by atoms with Gasteiger partial charge in [0.2, 0.25) is 0 Å². The average Bonchev–Trinajstić information content (AvgIpc) is 2.03. The Morgan fingerprint density at radius 3 is 2.54 bits per heavy atom. The maximum Gasteiger partial charge on any atom is 0.416 e. The zero-order chi connectivity index (χ0) is 10.1. The number of aromatic nitrogens is 1. The molecule has 1 aromatic heterocycles. The zero-order valence-electron chi connectivity index (χ0n) is 6.40. The van der Waals surface area contributed by atoms with Gasteiger partial charge in [0.1, 0.15) is 5.82 Å². The Morgan fingerprint density at radius 2 is 2.08 bits per heavy atom. The number of alkyl halides is 4. The molecule has 0 unspecified atom stereocenters. The maximum absolute atomic E-state index is 12.3. The standard InChI is InChI=1S/C7H6ClF3N2/c8-2-4-3-13-6(12)1-5(4)7(9,10)11/h1,3H,2H2,(H2,12,13). The van der Waals surface area contributed by atoms with Crippen LogP contribution in [0.1, 0.15) is 11.1 Å². The van der Waals surface area contributed by atoms with E-state index in [1.165, 1.54) is 0 Å². The molecule has 0 radical (unpaired) electrons. The maximum atomic E-state index is 12.3. The molecular weight excluding hydrogens is 205 g/mol. The summed E-state index contributed by atoms with van der Waals surface area (Å²) in [5, 5.41) is 0. The molecular formula is C7H6ClF3N2. The molecule has 1 aromatic rings. The summed E-state index contributed by atoms with van der Waals surface area (Å²) < 4.78 is 36.8. The second-order valence-corrected chi connectivity index (χ2v) is 2.66. The molecule has 0 bridgehead atoms. The summed E-state index contributed by atoms with van der Waals surface area (Å²) in [6.07, 6.45) is -3.40. The molecule has 72 valence electrons. The quantitative estimate of drug-likeness (QED) is 0.723. The van der Waals surface area contributed by atoms with Crippen molar-refractivity contribution in [3.63, 3.8) is 0 Å². The molecule has 0 saturated heterocycles. The van der Waals surface area contributed by atoms with Crippen LogP contribution in [0.5, 0.6) is 0 Å². The van der Waals surface area contributed by atoms with Crippen molar-refractivity contribution in [2.24, 2.45) is 0 Å². The second kappa shape index (κ2) is 3.41. The Kier molecular flexibility index (Phi) is 2.66. The molecule has 1 rings (SSSR count). The van der Waals surface area contributed by atoms with Crippen molar-refractivity contribution in [1.29, 1.82) is 0 Å². The monoisotopic (exact) mass is 210 g/mol. The van der Waals surface area contributed by atoms with Crippen LogP contribution in [0.2, 0.25) is 0 Å². The molecule has 0 aliphatic carbocycles. The van der Waals surface area contributed by atoms with Crippen LogP contribution in [0.4, 0.5) is 19.0 Å². The number of hydrogen-bond acceptors (Lipinski definition) is 2. The Balaban J connectivity index is 3.24. The zero-order valence-corrected chi connectivity index (χ0v) is 7.15. The van der Waals surface area contributed by atoms with Crippen molar-refractivity contribution in [2.75, 3.05) is 5.73 Å². The molecule has 2 N–H and O–H groups in total. The highest BCUT2D eigenvalue weighted by Crippen LogP contribution is 2.33. The minimum absolute atomic E-state index is 0.0663. The summed E-state index contributed by atoms with van der Waals surface area (Å²) in [6, 6.07) is 0.776. The van der Waals surface area contributed by atoms with Gasteiger partial charge in [0, 0.05) is 12.1 Å². The fourth-order valence-corrected chi connectivity index (χ4v) is 1.08. The van der Waals surface area contributed by atoms with Crippen LogP contribution in [-0.2, 0) is 12.1 Å². The van der Waals surface area contributed by atoms with Gasteiger partial charge < -0.3 is 5.73 Å². The Morgan fingerprint density at radius 1 is 1.46 bits per heavy atom. The van der Waals surface area contributed by atoms with Gasteiger partial charge in [-0.2, -0.15) is 13.2 Å². The Labute approximate surface area is 77.5 Å². The number of anilines is 1. The van der Waals surface area contributed by atoms with Gasteiger partial charge in [0.25, 0.3) is 0 Å². The number of rotatable bonds is 1.